The molecule has 19 heavy (non-hydrogen) atoms. The average Bonchev–Trinajstić information content (AvgIpc) is 2.88. The highest BCUT2D eigenvalue weighted by Gasteiger charge is 2.31. The van der Waals surface area contributed by atoms with Gasteiger partial charge in [-0.3, -0.25) is 9.59 Å². The fraction of sp³-hybridized carbons (Fsp3) is 0.867. The molecule has 4 nitrogen and oxygen atoms in total. The summed E-state index contributed by atoms with van der Waals surface area (Å²) in [7, 11) is 0. The Morgan fingerprint density at radius 1 is 1.21 bits per heavy atom. The summed E-state index contributed by atoms with van der Waals surface area (Å²) in [6.45, 7) is 3.17. The van der Waals surface area contributed by atoms with Crippen LogP contribution in [0.3, 0.4) is 0 Å². The van der Waals surface area contributed by atoms with Gasteiger partial charge in [0.15, 0.2) is 0 Å². The number of nitrogens with zero attached hydrogens (tertiary/aromatic N) is 1. The molecule has 2 aliphatic rings. The number of carbonyl (C=O) groups excluding carboxylic acids is 1. The molecule has 0 spiro atoms. The molecule has 0 radical (unpaired) electrons. The van der Waals surface area contributed by atoms with Gasteiger partial charge in [0.1, 0.15) is 0 Å². The topological polar surface area (TPSA) is 57.6 Å². The molecule has 1 amide bonds. The highest BCUT2D eigenvalue weighted by Crippen LogP contribution is 2.29. The number of piperidine rings is 1. The lowest BCUT2D eigenvalue weighted by molar-refractivity contribution is -0.147. The predicted octanol–water partition coefficient (Wildman–Crippen LogP) is 2.53. The first-order valence-electron chi connectivity index (χ1n) is 7.57. The smallest absolute Gasteiger partial charge is 0.308 e. The first-order chi connectivity index (χ1) is 9.06. The van der Waals surface area contributed by atoms with Gasteiger partial charge in [-0.05, 0) is 24.7 Å². The zero-order valence-electron chi connectivity index (χ0n) is 11.8. The summed E-state index contributed by atoms with van der Waals surface area (Å²) >= 11 is 0. The molecule has 1 saturated heterocycles. The molecule has 1 saturated carbocycles. The van der Waals surface area contributed by atoms with Crippen LogP contribution in [0.5, 0.6) is 0 Å². The van der Waals surface area contributed by atoms with Gasteiger partial charge in [0.05, 0.1) is 5.92 Å². The Kier molecular flexibility index (Phi) is 4.83. The normalized spacial score (nSPS) is 28.6. The van der Waals surface area contributed by atoms with Crippen LogP contribution in [0, 0.1) is 17.8 Å². The van der Waals surface area contributed by atoms with Crippen molar-refractivity contribution in [3.05, 3.63) is 0 Å². The molecule has 0 aromatic rings. The molecule has 2 rings (SSSR count). The van der Waals surface area contributed by atoms with Gasteiger partial charge in [0.2, 0.25) is 5.91 Å². The molecule has 2 fully saturated rings. The van der Waals surface area contributed by atoms with E-state index in [9.17, 15) is 9.59 Å². The lowest BCUT2D eigenvalue weighted by atomic mass is 9.90. The van der Waals surface area contributed by atoms with Crippen LogP contribution in [-0.2, 0) is 9.59 Å². The van der Waals surface area contributed by atoms with Crippen molar-refractivity contribution >= 4 is 11.9 Å². The first-order valence-corrected chi connectivity index (χ1v) is 7.57. The van der Waals surface area contributed by atoms with Gasteiger partial charge in [0.25, 0.3) is 0 Å². The maximum atomic E-state index is 12.2. The van der Waals surface area contributed by atoms with Crippen molar-refractivity contribution in [2.24, 2.45) is 17.8 Å². The minimum absolute atomic E-state index is 0.157. The lowest BCUT2D eigenvalue weighted by Gasteiger charge is -2.35. The number of hydrogen-bond donors (Lipinski definition) is 1. The maximum Gasteiger partial charge on any atom is 0.308 e. The molecule has 1 aliphatic heterocycles. The molecule has 1 N–H and O–H groups in total. The Morgan fingerprint density at radius 2 is 1.89 bits per heavy atom. The summed E-state index contributed by atoms with van der Waals surface area (Å²) in [5.74, 6) is 0.0377. The third-order valence-corrected chi connectivity index (χ3v) is 4.60. The summed E-state index contributed by atoms with van der Waals surface area (Å²) < 4.78 is 0. The zero-order valence-corrected chi connectivity index (χ0v) is 11.8. The van der Waals surface area contributed by atoms with E-state index in [2.05, 4.69) is 0 Å². The Bertz CT molecular complexity index is 336. The second kappa shape index (κ2) is 6.40. The van der Waals surface area contributed by atoms with Crippen LogP contribution in [0.1, 0.15) is 51.9 Å². The first kappa shape index (κ1) is 14.4. The Balaban J connectivity index is 1.81. The van der Waals surface area contributed by atoms with E-state index >= 15 is 0 Å². The van der Waals surface area contributed by atoms with Crippen LogP contribution < -0.4 is 0 Å². The van der Waals surface area contributed by atoms with Crippen LogP contribution in [0.15, 0.2) is 0 Å². The summed E-state index contributed by atoms with van der Waals surface area (Å²) in [5.41, 5.74) is 0. The van der Waals surface area contributed by atoms with Gasteiger partial charge in [-0.1, -0.05) is 32.6 Å². The molecule has 108 valence electrons. The van der Waals surface area contributed by atoms with Gasteiger partial charge in [-0.25, -0.2) is 0 Å². The SMILES string of the molecule is CC1CC(C(=O)O)CN(C(=O)CCC2CCCC2)C1. The van der Waals surface area contributed by atoms with Crippen molar-refractivity contribution < 1.29 is 14.7 Å². The molecule has 0 bridgehead atoms. The van der Waals surface area contributed by atoms with E-state index in [1.54, 1.807) is 4.90 Å². The number of carboxylic acids is 1. The van der Waals surface area contributed by atoms with Crippen molar-refractivity contribution in [2.75, 3.05) is 13.1 Å². The van der Waals surface area contributed by atoms with Crippen molar-refractivity contribution in [3.63, 3.8) is 0 Å². The zero-order chi connectivity index (χ0) is 13.8. The minimum atomic E-state index is -0.764. The summed E-state index contributed by atoms with van der Waals surface area (Å²) in [5, 5.41) is 9.12. The van der Waals surface area contributed by atoms with E-state index in [4.69, 9.17) is 5.11 Å². The molecule has 2 unspecified atom stereocenters. The minimum Gasteiger partial charge on any atom is -0.481 e. The van der Waals surface area contributed by atoms with Crippen LogP contribution >= 0.6 is 0 Å². The number of likely N-dealkylation sites (tertiary alicyclic amines) is 1. The predicted molar refractivity (Wildman–Crippen MR) is 72.7 cm³/mol. The largest absolute Gasteiger partial charge is 0.481 e. The summed E-state index contributed by atoms with van der Waals surface area (Å²) in [4.78, 5) is 25.1. The second-order valence-electron chi connectivity index (χ2n) is 6.36. The Labute approximate surface area is 115 Å². The van der Waals surface area contributed by atoms with Crippen LogP contribution in [0.2, 0.25) is 0 Å². The number of aliphatic carboxylic acids is 1. The summed E-state index contributed by atoms with van der Waals surface area (Å²) in [6, 6.07) is 0. The Hall–Kier alpha value is -1.06. The quantitative estimate of drug-likeness (QED) is 0.851. The Morgan fingerprint density at radius 3 is 2.53 bits per heavy atom. The fourth-order valence-electron chi connectivity index (χ4n) is 3.52. The van der Waals surface area contributed by atoms with Crippen molar-refractivity contribution in [3.8, 4) is 0 Å². The number of carbonyl (C=O) groups is 2. The molecule has 1 aliphatic carbocycles. The molecule has 1 heterocycles. The van der Waals surface area contributed by atoms with E-state index < -0.39 is 5.97 Å². The van der Waals surface area contributed by atoms with E-state index in [1.807, 2.05) is 6.92 Å². The molecule has 2 atom stereocenters. The highest BCUT2D eigenvalue weighted by atomic mass is 16.4. The van der Waals surface area contributed by atoms with Gasteiger partial charge in [-0.15, -0.1) is 0 Å². The third-order valence-electron chi connectivity index (χ3n) is 4.60. The molecule has 0 aromatic heterocycles. The lowest BCUT2D eigenvalue weighted by Crippen LogP contribution is -2.45. The number of amides is 1. The van der Waals surface area contributed by atoms with Gasteiger partial charge in [-0.2, -0.15) is 0 Å². The van der Waals surface area contributed by atoms with Crippen molar-refractivity contribution in [1.29, 1.82) is 0 Å². The van der Waals surface area contributed by atoms with Gasteiger partial charge >= 0.3 is 5.97 Å². The third kappa shape index (κ3) is 3.95. The van der Waals surface area contributed by atoms with Crippen LogP contribution in [-0.4, -0.2) is 35.0 Å². The summed E-state index contributed by atoms with van der Waals surface area (Å²) in [6.07, 6.45) is 7.43. The number of carboxylic acid groups (broad SMARTS) is 1. The second-order valence-corrected chi connectivity index (χ2v) is 6.36. The molecular weight excluding hydrogens is 242 g/mol. The van der Waals surface area contributed by atoms with Crippen LogP contribution in [0.4, 0.5) is 0 Å². The van der Waals surface area contributed by atoms with E-state index in [0.29, 0.717) is 25.3 Å². The number of rotatable bonds is 4. The van der Waals surface area contributed by atoms with E-state index in [1.165, 1.54) is 25.7 Å². The van der Waals surface area contributed by atoms with Crippen LogP contribution in [0.25, 0.3) is 0 Å². The molecule has 4 heteroatoms. The van der Waals surface area contributed by atoms with Crippen molar-refractivity contribution in [1.82, 2.24) is 4.90 Å². The molecule has 0 aromatic carbocycles. The standard InChI is InChI=1S/C15H25NO3/c1-11-8-13(15(18)19)10-16(9-11)14(17)7-6-12-4-2-3-5-12/h11-13H,2-10H2,1H3,(H,18,19). The number of hydrogen-bond acceptors (Lipinski definition) is 2. The highest BCUT2D eigenvalue weighted by molar-refractivity contribution is 5.78. The van der Waals surface area contributed by atoms with Crippen molar-refractivity contribution in [2.45, 2.75) is 51.9 Å². The maximum absolute atomic E-state index is 12.2. The molecular formula is C15H25NO3. The van der Waals surface area contributed by atoms with Gasteiger partial charge < -0.3 is 10.0 Å². The van der Waals surface area contributed by atoms with E-state index in [0.717, 1.165) is 18.9 Å². The van der Waals surface area contributed by atoms with Gasteiger partial charge in [0, 0.05) is 19.5 Å². The van der Waals surface area contributed by atoms with E-state index in [-0.39, 0.29) is 11.8 Å². The average molecular weight is 267 g/mol. The fourth-order valence-corrected chi connectivity index (χ4v) is 3.52. The monoisotopic (exact) mass is 267 g/mol.